The molecule has 0 heterocycles. The predicted octanol–water partition coefficient (Wildman–Crippen LogP) is 2.28. The molecular formula is C60H100O12Si5. The minimum Gasteiger partial charge on any atom is -0.396 e. The lowest BCUT2D eigenvalue weighted by atomic mass is 10.3. The maximum atomic E-state index is 10.2. The van der Waals surface area contributed by atoms with Gasteiger partial charge in [0.15, 0.2) is 8.07 Å². The number of aliphatic hydroxyl groups excluding tert-OH is 12. The second kappa shape index (κ2) is 36.1. The molecule has 0 radical (unpaired) electrons. The quantitative estimate of drug-likeness (QED) is 0.0226. The zero-order valence-electron chi connectivity index (χ0n) is 46.6. The van der Waals surface area contributed by atoms with E-state index >= 15 is 0 Å². The van der Waals surface area contributed by atoms with E-state index in [9.17, 15) is 61.3 Å². The van der Waals surface area contributed by atoms with Gasteiger partial charge in [-0.3, -0.25) is 0 Å². The van der Waals surface area contributed by atoms with Crippen LogP contribution < -0.4 is 41.5 Å². The smallest absolute Gasteiger partial charge is 0.179 e. The molecule has 0 fully saturated rings. The van der Waals surface area contributed by atoms with Crippen LogP contribution in [0.1, 0.15) is 77.0 Å². The van der Waals surface area contributed by atoms with Crippen molar-refractivity contribution in [2.24, 2.45) is 0 Å². The van der Waals surface area contributed by atoms with Crippen LogP contribution in [0.3, 0.4) is 0 Å². The van der Waals surface area contributed by atoms with Crippen molar-refractivity contribution in [3.63, 3.8) is 0 Å². The van der Waals surface area contributed by atoms with Crippen molar-refractivity contribution in [1.82, 2.24) is 0 Å². The van der Waals surface area contributed by atoms with Crippen LogP contribution in [0.2, 0.25) is 72.5 Å². The lowest BCUT2D eigenvalue weighted by molar-refractivity contribution is 0.288. The first kappa shape index (κ1) is 67.0. The Labute approximate surface area is 466 Å². The molecule has 0 saturated carbocycles. The van der Waals surface area contributed by atoms with E-state index in [1.807, 2.05) is 0 Å². The summed E-state index contributed by atoms with van der Waals surface area (Å²) in [6.45, 7) is 0.851. The van der Waals surface area contributed by atoms with Crippen LogP contribution in [0.15, 0.2) is 97.1 Å². The summed E-state index contributed by atoms with van der Waals surface area (Å²) < 4.78 is 0. The Morgan fingerprint density at radius 3 is 0.377 bits per heavy atom. The van der Waals surface area contributed by atoms with E-state index < -0.39 is 40.4 Å². The second-order valence-electron chi connectivity index (χ2n) is 22.1. The van der Waals surface area contributed by atoms with Crippen molar-refractivity contribution in [3.8, 4) is 0 Å². The predicted molar refractivity (Wildman–Crippen MR) is 330 cm³/mol. The van der Waals surface area contributed by atoms with Gasteiger partial charge < -0.3 is 61.3 Å². The summed E-state index contributed by atoms with van der Waals surface area (Å²) in [5, 5.41) is 132. The van der Waals surface area contributed by atoms with Crippen LogP contribution in [0.25, 0.3) is 0 Å². The number of aliphatic hydroxyl groups is 12. The van der Waals surface area contributed by atoms with Crippen LogP contribution in [-0.2, 0) is 0 Å². The van der Waals surface area contributed by atoms with Gasteiger partial charge in [0.2, 0.25) is 0 Å². The Kier molecular flexibility index (Phi) is 31.4. The molecule has 4 aromatic rings. The Balaban J connectivity index is 2.24. The molecule has 77 heavy (non-hydrogen) atoms. The molecule has 17 heteroatoms. The number of benzene rings is 4. The molecule has 0 aliphatic carbocycles. The Morgan fingerprint density at radius 2 is 0.273 bits per heavy atom. The van der Waals surface area contributed by atoms with Gasteiger partial charge >= 0.3 is 0 Å². The van der Waals surface area contributed by atoms with E-state index in [0.29, 0.717) is 77.0 Å². The summed E-state index contributed by atoms with van der Waals surface area (Å²) >= 11 is 0. The maximum Gasteiger partial charge on any atom is 0.179 e. The van der Waals surface area contributed by atoms with Crippen molar-refractivity contribution >= 4 is 81.9 Å². The van der Waals surface area contributed by atoms with Gasteiger partial charge in [0, 0.05) is 79.3 Å². The maximum absolute atomic E-state index is 10.2. The number of hydrogen-bond acceptors (Lipinski definition) is 12. The highest BCUT2D eigenvalue weighted by Gasteiger charge is 2.45. The van der Waals surface area contributed by atoms with Gasteiger partial charge in [0.1, 0.15) is 0 Å². The third-order valence-corrected chi connectivity index (χ3v) is 44.2. The molecule has 432 valence electrons. The molecule has 0 amide bonds. The molecular weight excluding hydrogens is 1050 g/mol. The summed E-state index contributed by atoms with van der Waals surface area (Å²) in [5.74, 6) is 0. The first-order valence-corrected chi connectivity index (χ1v) is 41.8. The molecule has 12 nitrogen and oxygen atoms in total. The minimum atomic E-state index is -3.35. The Bertz CT molecular complexity index is 1760. The monoisotopic (exact) mass is 1150 g/mol. The number of hydrogen-bond donors (Lipinski definition) is 12. The van der Waals surface area contributed by atoms with Crippen LogP contribution >= 0.6 is 0 Å². The first-order valence-electron chi connectivity index (χ1n) is 29.3. The topological polar surface area (TPSA) is 243 Å². The zero-order valence-corrected chi connectivity index (χ0v) is 51.6. The average molecular weight is 1150 g/mol. The van der Waals surface area contributed by atoms with Crippen LogP contribution in [0.4, 0.5) is 0 Å². The summed E-state index contributed by atoms with van der Waals surface area (Å²) in [6.07, 6.45) is 7.76. The lowest BCUT2D eigenvalue weighted by Gasteiger charge is -2.38. The molecule has 0 atom stereocenters. The summed E-state index contributed by atoms with van der Waals surface area (Å²) in [5.41, 5.74) is 0. The molecule has 0 spiro atoms. The van der Waals surface area contributed by atoms with E-state index in [-0.39, 0.29) is 79.3 Å². The molecule has 0 aromatic heterocycles. The van der Waals surface area contributed by atoms with Crippen molar-refractivity contribution in [2.45, 2.75) is 150 Å². The third-order valence-electron chi connectivity index (χ3n) is 17.5. The molecule has 0 bridgehead atoms. The second-order valence-corrected chi connectivity index (χ2v) is 44.5. The van der Waals surface area contributed by atoms with E-state index in [4.69, 9.17) is 0 Å². The van der Waals surface area contributed by atoms with Crippen molar-refractivity contribution < 1.29 is 61.3 Å². The number of rotatable bonds is 44. The molecule has 0 aliphatic heterocycles. The molecule has 0 unspecified atom stereocenters. The lowest BCUT2D eigenvalue weighted by Crippen LogP contribution is -2.75. The van der Waals surface area contributed by atoms with Gasteiger partial charge in [-0.15, -0.1) is 0 Å². The minimum absolute atomic E-state index is 0.0710. The fourth-order valence-electron chi connectivity index (χ4n) is 13.5. The van der Waals surface area contributed by atoms with Crippen LogP contribution in [0, 0.1) is 0 Å². The van der Waals surface area contributed by atoms with Gasteiger partial charge in [0.25, 0.3) is 0 Å². The fraction of sp³-hybridized carbons (Fsp3) is 0.600. The molecule has 0 aliphatic rings. The average Bonchev–Trinajstić information content (AvgIpc) is 3.48. The Hall–Kier alpha value is -2.52. The Morgan fingerprint density at radius 1 is 0.169 bits per heavy atom. The van der Waals surface area contributed by atoms with E-state index in [0.717, 1.165) is 72.5 Å². The van der Waals surface area contributed by atoms with Crippen molar-refractivity contribution in [2.75, 3.05) is 79.3 Å². The van der Waals surface area contributed by atoms with E-state index in [1.165, 1.54) is 41.5 Å². The highest BCUT2D eigenvalue weighted by atomic mass is 28.3. The molecule has 4 rings (SSSR count). The van der Waals surface area contributed by atoms with Gasteiger partial charge in [-0.2, -0.15) is 0 Å². The molecule has 0 saturated heterocycles. The standard InChI is InChI=1S/C60H100O12Si5/c61-29-1-41-73(42-2-30-62,43-3-31-63)53-13-21-57(22-14-53)77(58-23-15-54(16-24-58)74(44-4-32-64,45-5-33-65)46-6-34-66,59-25-17-55(18-26-59)75(47-7-35-67,48-8-36-68)49-9-37-69)60-27-19-56(20-28-60)76(50-10-38-70,51-11-39-71)52-12-40-72/h13-28,61-72H,1-12,29-52H2. The van der Waals surface area contributed by atoms with Crippen molar-refractivity contribution in [3.05, 3.63) is 97.1 Å². The first-order chi connectivity index (χ1) is 37.6. The van der Waals surface area contributed by atoms with Gasteiger partial charge in [0.05, 0.1) is 32.3 Å². The normalized spacial score (nSPS) is 12.7. The fourth-order valence-corrected chi connectivity index (χ4v) is 38.2. The SMILES string of the molecule is OCCC[Si](CCCO)(CCCO)c1ccc([Si](c2ccc([Si](CCCO)(CCCO)CCCO)cc2)(c2ccc([Si](CCCO)(CCCO)CCCO)cc2)c2ccc([Si](CCCO)(CCCO)CCCO)cc2)cc1. The van der Waals surface area contributed by atoms with E-state index in [1.54, 1.807) is 0 Å². The van der Waals surface area contributed by atoms with Crippen LogP contribution in [-0.4, -0.2) is 181 Å². The van der Waals surface area contributed by atoms with Crippen molar-refractivity contribution in [1.29, 1.82) is 0 Å². The van der Waals surface area contributed by atoms with Gasteiger partial charge in [-0.1, -0.05) is 190 Å². The van der Waals surface area contributed by atoms with Crippen LogP contribution in [0.5, 0.6) is 0 Å². The summed E-state index contributed by atoms with van der Waals surface area (Å²) in [6, 6.07) is 47.1. The molecule has 12 N–H and O–H groups in total. The third kappa shape index (κ3) is 17.7. The molecule has 4 aromatic carbocycles. The van der Waals surface area contributed by atoms with E-state index in [2.05, 4.69) is 97.1 Å². The zero-order chi connectivity index (χ0) is 55.9. The largest absolute Gasteiger partial charge is 0.396 e. The highest BCUT2D eigenvalue weighted by molar-refractivity contribution is 7.20. The van der Waals surface area contributed by atoms with Gasteiger partial charge in [-0.25, -0.2) is 0 Å². The summed E-state index contributed by atoms with van der Waals surface area (Å²) in [4.78, 5) is 0. The summed E-state index contributed by atoms with van der Waals surface area (Å²) in [7, 11) is -12.8. The van der Waals surface area contributed by atoms with Gasteiger partial charge in [-0.05, 0) is 97.8 Å². The highest BCUT2D eigenvalue weighted by Crippen LogP contribution is 2.31.